The monoisotopic (exact) mass is 377 g/mol. The van der Waals surface area contributed by atoms with E-state index in [4.69, 9.17) is 10.8 Å². The van der Waals surface area contributed by atoms with E-state index in [9.17, 15) is 31.9 Å². The van der Waals surface area contributed by atoms with Crippen LogP contribution < -0.4 is 11.1 Å². The van der Waals surface area contributed by atoms with Gasteiger partial charge in [0.15, 0.2) is 23.3 Å². The molecule has 0 radical (unpaired) electrons. The Hall–Kier alpha value is -2.85. The molecular formula is C15H15F4N3O4. The maximum absolute atomic E-state index is 13.8. The molecule has 7 nitrogen and oxygen atoms in total. The van der Waals surface area contributed by atoms with E-state index in [2.05, 4.69) is 0 Å². The summed E-state index contributed by atoms with van der Waals surface area (Å²) in [5.41, 5.74) is 1.87. The summed E-state index contributed by atoms with van der Waals surface area (Å²) in [6, 6.07) is -2.47. The Balaban J connectivity index is 2.23. The largest absolute Gasteiger partial charge is 0.480 e. The molecule has 1 heterocycles. The molecule has 2 amide bonds. The van der Waals surface area contributed by atoms with Crippen LogP contribution in [0.3, 0.4) is 0 Å². The fourth-order valence-corrected chi connectivity index (χ4v) is 2.71. The number of amides is 2. The molecule has 26 heavy (non-hydrogen) atoms. The molecule has 0 spiro atoms. The average Bonchev–Trinajstić information content (AvgIpc) is 3.07. The van der Waals surface area contributed by atoms with E-state index in [0.29, 0.717) is 6.42 Å². The summed E-state index contributed by atoms with van der Waals surface area (Å²) in [4.78, 5) is 36.4. The van der Waals surface area contributed by atoms with Crippen molar-refractivity contribution < 1.29 is 37.1 Å². The number of hydrogen-bond acceptors (Lipinski definition) is 4. The molecule has 2 rings (SSSR count). The minimum atomic E-state index is -2.00. The fourth-order valence-electron chi connectivity index (χ4n) is 2.71. The van der Waals surface area contributed by atoms with Crippen LogP contribution in [0, 0.1) is 23.3 Å². The molecular weight excluding hydrogens is 362 g/mol. The number of hydrogen-bond donors (Lipinski definition) is 3. The molecule has 0 aliphatic carbocycles. The minimum Gasteiger partial charge on any atom is -0.480 e. The quantitative estimate of drug-likeness (QED) is 0.412. The van der Waals surface area contributed by atoms with Crippen molar-refractivity contribution in [1.82, 2.24) is 10.2 Å². The number of nitrogens with one attached hydrogen (secondary N) is 1. The highest BCUT2D eigenvalue weighted by atomic mass is 19.2. The van der Waals surface area contributed by atoms with Gasteiger partial charge in [-0.05, 0) is 19.8 Å². The number of nitrogens with two attached hydrogens (primary N) is 1. The van der Waals surface area contributed by atoms with Crippen LogP contribution in [0.4, 0.5) is 23.2 Å². The summed E-state index contributed by atoms with van der Waals surface area (Å²) in [6.07, 6.45) is 0.653. The number of carboxylic acids is 1. The Morgan fingerprint density at radius 2 is 1.69 bits per heavy atom. The van der Waals surface area contributed by atoms with Crippen molar-refractivity contribution >= 4 is 23.5 Å². The predicted octanol–water partition coefficient (Wildman–Crippen LogP) is 1.02. The molecule has 1 aromatic rings. The third-order valence-electron chi connectivity index (χ3n) is 4.06. The lowest BCUT2D eigenvalue weighted by atomic mass is 10.1. The van der Waals surface area contributed by atoms with E-state index in [-0.39, 0.29) is 13.0 Å². The SMILES string of the molecule is CC(NC(=O)c1c(F)c(F)c(N)c(F)c1F)C(=O)N1CCCC1C(=O)O. The standard InChI is InChI=1S/C15H15F4N3O4/c1-5(14(24)22-4-2-3-6(22)15(25)26)21-13(23)7-8(16)10(18)12(20)11(19)9(7)17/h5-6H,2-4,20H2,1H3,(H,21,23)(H,25,26). The molecule has 142 valence electrons. The van der Waals surface area contributed by atoms with Crippen molar-refractivity contribution in [1.29, 1.82) is 0 Å². The Morgan fingerprint density at radius 1 is 1.15 bits per heavy atom. The van der Waals surface area contributed by atoms with Gasteiger partial charge in [-0.25, -0.2) is 22.4 Å². The Kier molecular flexibility index (Phi) is 5.38. The molecule has 4 N–H and O–H groups in total. The van der Waals surface area contributed by atoms with Crippen molar-refractivity contribution in [2.75, 3.05) is 12.3 Å². The number of halogens is 4. The average molecular weight is 377 g/mol. The first kappa shape index (κ1) is 19.5. The number of rotatable bonds is 4. The number of benzene rings is 1. The third-order valence-corrected chi connectivity index (χ3v) is 4.06. The van der Waals surface area contributed by atoms with Crippen LogP contribution in [-0.4, -0.2) is 46.4 Å². The van der Waals surface area contributed by atoms with Crippen LogP contribution in [0.25, 0.3) is 0 Å². The van der Waals surface area contributed by atoms with Crippen LogP contribution in [-0.2, 0) is 9.59 Å². The van der Waals surface area contributed by atoms with Crippen molar-refractivity contribution in [3.63, 3.8) is 0 Å². The number of anilines is 1. The second kappa shape index (κ2) is 7.18. The number of carbonyl (C=O) groups excluding carboxylic acids is 2. The Morgan fingerprint density at radius 3 is 2.19 bits per heavy atom. The summed E-state index contributed by atoms with van der Waals surface area (Å²) in [5.74, 6) is -11.5. The Bertz CT molecular complexity index is 758. The third kappa shape index (κ3) is 3.28. The molecule has 1 aliphatic rings. The molecule has 1 aliphatic heterocycles. The van der Waals surface area contributed by atoms with E-state index in [0.717, 1.165) is 11.8 Å². The number of carbonyl (C=O) groups is 3. The molecule has 2 unspecified atom stereocenters. The molecule has 0 saturated carbocycles. The number of nitrogens with zero attached hydrogens (tertiary/aromatic N) is 1. The van der Waals surface area contributed by atoms with E-state index < -0.39 is 64.4 Å². The van der Waals surface area contributed by atoms with Gasteiger partial charge in [0.25, 0.3) is 5.91 Å². The summed E-state index contributed by atoms with van der Waals surface area (Å²) < 4.78 is 54.5. The van der Waals surface area contributed by atoms with Gasteiger partial charge in [-0.2, -0.15) is 0 Å². The van der Waals surface area contributed by atoms with Gasteiger partial charge in [0.1, 0.15) is 23.3 Å². The summed E-state index contributed by atoms with van der Waals surface area (Å²) >= 11 is 0. The zero-order valence-corrected chi connectivity index (χ0v) is 13.5. The van der Waals surface area contributed by atoms with Gasteiger partial charge in [0, 0.05) is 6.54 Å². The lowest BCUT2D eigenvalue weighted by Gasteiger charge is -2.25. The molecule has 1 saturated heterocycles. The highest BCUT2D eigenvalue weighted by molar-refractivity contribution is 5.98. The van der Waals surface area contributed by atoms with E-state index in [1.54, 1.807) is 0 Å². The second-order valence-corrected chi connectivity index (χ2v) is 5.77. The molecule has 2 atom stereocenters. The van der Waals surface area contributed by atoms with E-state index >= 15 is 0 Å². The topological polar surface area (TPSA) is 113 Å². The van der Waals surface area contributed by atoms with E-state index in [1.165, 1.54) is 0 Å². The predicted molar refractivity (Wildman–Crippen MR) is 80.0 cm³/mol. The summed E-state index contributed by atoms with van der Waals surface area (Å²) in [6.45, 7) is 1.28. The number of likely N-dealkylation sites (tertiary alicyclic amines) is 1. The first-order chi connectivity index (χ1) is 12.1. The van der Waals surface area contributed by atoms with Crippen LogP contribution in [0.1, 0.15) is 30.1 Å². The normalized spacial score (nSPS) is 17.9. The lowest BCUT2D eigenvalue weighted by Crippen LogP contribution is -2.50. The van der Waals surface area contributed by atoms with Gasteiger partial charge in [-0.1, -0.05) is 0 Å². The maximum atomic E-state index is 13.8. The number of nitrogen functional groups attached to an aromatic ring is 1. The highest BCUT2D eigenvalue weighted by Gasteiger charge is 2.37. The summed E-state index contributed by atoms with van der Waals surface area (Å²) in [7, 11) is 0. The summed E-state index contributed by atoms with van der Waals surface area (Å²) in [5, 5.41) is 11.0. The second-order valence-electron chi connectivity index (χ2n) is 5.77. The molecule has 11 heteroatoms. The zero-order valence-electron chi connectivity index (χ0n) is 13.5. The van der Waals surface area contributed by atoms with Gasteiger partial charge < -0.3 is 21.1 Å². The number of aliphatic carboxylic acids is 1. The van der Waals surface area contributed by atoms with Crippen molar-refractivity contribution in [2.24, 2.45) is 0 Å². The maximum Gasteiger partial charge on any atom is 0.326 e. The van der Waals surface area contributed by atoms with Gasteiger partial charge in [-0.15, -0.1) is 0 Å². The smallest absolute Gasteiger partial charge is 0.326 e. The van der Waals surface area contributed by atoms with Crippen molar-refractivity contribution in [2.45, 2.75) is 31.8 Å². The van der Waals surface area contributed by atoms with E-state index in [1.807, 2.05) is 5.32 Å². The highest BCUT2D eigenvalue weighted by Crippen LogP contribution is 2.26. The first-order valence-electron chi connectivity index (χ1n) is 7.53. The fraction of sp³-hybridized carbons (Fsp3) is 0.400. The van der Waals surface area contributed by atoms with Gasteiger partial charge in [-0.3, -0.25) is 9.59 Å². The van der Waals surface area contributed by atoms with Gasteiger partial charge in [0.2, 0.25) is 5.91 Å². The van der Waals surface area contributed by atoms with Crippen molar-refractivity contribution in [3.8, 4) is 0 Å². The molecule has 0 bridgehead atoms. The van der Waals surface area contributed by atoms with Crippen LogP contribution in [0.5, 0.6) is 0 Å². The molecule has 0 aromatic heterocycles. The van der Waals surface area contributed by atoms with Crippen LogP contribution in [0.15, 0.2) is 0 Å². The van der Waals surface area contributed by atoms with Gasteiger partial charge >= 0.3 is 5.97 Å². The van der Waals surface area contributed by atoms with Gasteiger partial charge in [0.05, 0.1) is 0 Å². The first-order valence-corrected chi connectivity index (χ1v) is 7.53. The molecule has 1 aromatic carbocycles. The molecule has 1 fully saturated rings. The lowest BCUT2D eigenvalue weighted by molar-refractivity contribution is -0.148. The zero-order chi connectivity index (χ0) is 19.8. The van der Waals surface area contributed by atoms with Crippen molar-refractivity contribution in [3.05, 3.63) is 28.8 Å². The van der Waals surface area contributed by atoms with Crippen LogP contribution >= 0.6 is 0 Å². The Labute approximate surface area is 144 Å². The minimum absolute atomic E-state index is 0.129. The number of carboxylic acid groups (broad SMARTS) is 1. The van der Waals surface area contributed by atoms with Crippen LogP contribution in [0.2, 0.25) is 0 Å².